The van der Waals surface area contributed by atoms with Gasteiger partial charge in [-0.2, -0.15) is 0 Å². The number of H-pyrrole nitrogens is 2. The molecule has 0 fully saturated rings. The van der Waals surface area contributed by atoms with Crippen molar-refractivity contribution in [2.75, 3.05) is 0 Å². The Labute approximate surface area is 131 Å². The molecule has 0 amide bonds. The van der Waals surface area contributed by atoms with Crippen LogP contribution in [0.5, 0.6) is 0 Å². The summed E-state index contributed by atoms with van der Waals surface area (Å²) in [5.74, 6) is 0. The van der Waals surface area contributed by atoms with E-state index in [2.05, 4.69) is 15.0 Å². The van der Waals surface area contributed by atoms with E-state index >= 15 is 0 Å². The first kappa shape index (κ1) is 14.7. The van der Waals surface area contributed by atoms with Crippen molar-refractivity contribution in [3.05, 3.63) is 96.9 Å². The average molecular weight is 305 g/mol. The van der Waals surface area contributed by atoms with E-state index in [9.17, 15) is 9.59 Å². The molecule has 23 heavy (non-hydrogen) atoms. The molecule has 0 aliphatic heterocycles. The maximum Gasteiger partial charge on any atom is 0.272 e. The summed E-state index contributed by atoms with van der Waals surface area (Å²) in [6.07, 6.45) is 4.88. The summed E-state index contributed by atoms with van der Waals surface area (Å²) in [5, 5.41) is 0.395. The van der Waals surface area contributed by atoms with E-state index in [1.807, 2.05) is 43.3 Å². The summed E-state index contributed by atoms with van der Waals surface area (Å²) in [6.45, 7) is 1.93. The second kappa shape index (κ2) is 6.27. The first-order valence-electron chi connectivity index (χ1n) is 7.15. The SMILES string of the molecule is Cc1ccc(C=c2[nH]c(=O)c(=Cc3ccccc3)[nH]c2=O)nc1. The van der Waals surface area contributed by atoms with Crippen LogP contribution in [0.2, 0.25) is 0 Å². The van der Waals surface area contributed by atoms with Crippen LogP contribution in [0.25, 0.3) is 12.2 Å². The van der Waals surface area contributed by atoms with E-state index in [-0.39, 0.29) is 21.8 Å². The molecule has 0 aliphatic rings. The molecule has 0 atom stereocenters. The molecule has 0 unspecified atom stereocenters. The van der Waals surface area contributed by atoms with Gasteiger partial charge in [-0.25, -0.2) is 0 Å². The zero-order valence-electron chi connectivity index (χ0n) is 12.5. The van der Waals surface area contributed by atoms with Crippen LogP contribution >= 0.6 is 0 Å². The number of aromatic nitrogens is 3. The number of aromatic amines is 2. The van der Waals surface area contributed by atoms with Crippen LogP contribution in [0.15, 0.2) is 58.3 Å². The highest BCUT2D eigenvalue weighted by atomic mass is 16.1. The van der Waals surface area contributed by atoms with Gasteiger partial charge in [-0.05, 0) is 36.3 Å². The van der Waals surface area contributed by atoms with Gasteiger partial charge in [-0.15, -0.1) is 0 Å². The number of hydrogen-bond acceptors (Lipinski definition) is 3. The maximum atomic E-state index is 12.1. The van der Waals surface area contributed by atoms with E-state index in [0.29, 0.717) is 5.69 Å². The summed E-state index contributed by atoms with van der Waals surface area (Å²) < 4.78 is 0. The van der Waals surface area contributed by atoms with Crippen molar-refractivity contribution in [3.63, 3.8) is 0 Å². The van der Waals surface area contributed by atoms with Crippen LogP contribution in [-0.2, 0) is 0 Å². The molecule has 3 aromatic rings. The number of benzene rings is 1. The largest absolute Gasteiger partial charge is 0.316 e. The lowest BCUT2D eigenvalue weighted by atomic mass is 10.2. The van der Waals surface area contributed by atoms with Gasteiger partial charge in [-0.1, -0.05) is 36.4 Å². The molecule has 1 aromatic carbocycles. The smallest absolute Gasteiger partial charge is 0.272 e. The van der Waals surface area contributed by atoms with Crippen LogP contribution in [0.3, 0.4) is 0 Å². The predicted octanol–water partition coefficient (Wildman–Crippen LogP) is 0.424. The van der Waals surface area contributed by atoms with Gasteiger partial charge in [0.05, 0.1) is 5.69 Å². The van der Waals surface area contributed by atoms with Crippen molar-refractivity contribution in [1.82, 2.24) is 15.0 Å². The zero-order valence-corrected chi connectivity index (χ0v) is 12.5. The normalized spacial score (nSPS) is 12.6. The molecule has 114 valence electrons. The first-order valence-corrected chi connectivity index (χ1v) is 7.15. The molecular formula is C18H15N3O2. The molecule has 5 heteroatoms. The molecular weight excluding hydrogens is 290 g/mol. The van der Waals surface area contributed by atoms with E-state index in [1.165, 1.54) is 0 Å². The Hall–Kier alpha value is -3.21. The Bertz CT molecular complexity index is 1050. The standard InChI is InChI=1S/C18H15N3O2/c1-12-7-8-14(19-11-12)10-16-18(23)20-15(17(22)21-16)9-13-5-3-2-4-6-13/h2-11H,1H3,(H,20,23)(H,21,22). The van der Waals surface area contributed by atoms with Crippen LogP contribution in [0.1, 0.15) is 16.8 Å². The predicted molar refractivity (Wildman–Crippen MR) is 89.5 cm³/mol. The second-order valence-electron chi connectivity index (χ2n) is 5.20. The number of pyridine rings is 1. The summed E-state index contributed by atoms with van der Waals surface area (Å²) in [7, 11) is 0. The lowest BCUT2D eigenvalue weighted by Gasteiger charge is -1.95. The quantitative estimate of drug-likeness (QED) is 0.720. The molecule has 3 rings (SSSR count). The van der Waals surface area contributed by atoms with Crippen LogP contribution < -0.4 is 21.8 Å². The molecule has 0 bridgehead atoms. The fraction of sp³-hybridized carbons (Fsp3) is 0.0556. The molecule has 0 saturated heterocycles. The first-order chi connectivity index (χ1) is 11.1. The van der Waals surface area contributed by atoms with Gasteiger partial charge in [0.25, 0.3) is 11.1 Å². The van der Waals surface area contributed by atoms with E-state index in [1.54, 1.807) is 24.4 Å². The summed E-state index contributed by atoms with van der Waals surface area (Å²) in [5.41, 5.74) is 1.75. The Morgan fingerprint density at radius 1 is 0.870 bits per heavy atom. The molecule has 0 aliphatic carbocycles. The molecule has 5 nitrogen and oxygen atoms in total. The van der Waals surface area contributed by atoms with Gasteiger partial charge in [0.1, 0.15) is 10.7 Å². The van der Waals surface area contributed by atoms with Crippen LogP contribution in [0, 0.1) is 6.92 Å². The zero-order chi connectivity index (χ0) is 16.2. The van der Waals surface area contributed by atoms with Crippen LogP contribution in [-0.4, -0.2) is 15.0 Å². The summed E-state index contributed by atoms with van der Waals surface area (Å²) >= 11 is 0. The van der Waals surface area contributed by atoms with Crippen molar-refractivity contribution >= 4 is 12.2 Å². The lowest BCUT2D eigenvalue weighted by Crippen LogP contribution is -2.46. The van der Waals surface area contributed by atoms with E-state index < -0.39 is 0 Å². The van der Waals surface area contributed by atoms with Crippen molar-refractivity contribution < 1.29 is 0 Å². The van der Waals surface area contributed by atoms with Gasteiger partial charge in [0.15, 0.2) is 0 Å². The van der Waals surface area contributed by atoms with Crippen molar-refractivity contribution in [1.29, 1.82) is 0 Å². The number of rotatable bonds is 2. The Morgan fingerprint density at radius 2 is 1.52 bits per heavy atom. The molecule has 2 aromatic heterocycles. The molecule has 2 N–H and O–H groups in total. The van der Waals surface area contributed by atoms with Crippen LogP contribution in [0.4, 0.5) is 0 Å². The maximum absolute atomic E-state index is 12.1. The van der Waals surface area contributed by atoms with Crippen molar-refractivity contribution in [2.24, 2.45) is 0 Å². The number of hydrogen-bond donors (Lipinski definition) is 2. The van der Waals surface area contributed by atoms with Crippen molar-refractivity contribution in [3.8, 4) is 0 Å². The molecule has 0 saturated carbocycles. The summed E-state index contributed by atoms with van der Waals surface area (Å²) in [6, 6.07) is 13.0. The van der Waals surface area contributed by atoms with E-state index in [4.69, 9.17) is 0 Å². The molecule has 2 heterocycles. The Balaban J connectivity index is 2.12. The van der Waals surface area contributed by atoms with Gasteiger partial charge in [0, 0.05) is 6.20 Å². The number of nitrogens with zero attached hydrogens (tertiary/aromatic N) is 1. The summed E-state index contributed by atoms with van der Waals surface area (Å²) in [4.78, 5) is 33.7. The second-order valence-corrected chi connectivity index (χ2v) is 5.20. The third-order valence-electron chi connectivity index (χ3n) is 3.32. The van der Waals surface area contributed by atoms with Gasteiger partial charge in [0.2, 0.25) is 0 Å². The van der Waals surface area contributed by atoms with Gasteiger partial charge < -0.3 is 9.97 Å². The highest BCUT2D eigenvalue weighted by Crippen LogP contribution is 1.98. The molecule has 0 radical (unpaired) electrons. The Morgan fingerprint density at radius 3 is 2.13 bits per heavy atom. The highest BCUT2D eigenvalue weighted by Gasteiger charge is 1.97. The third kappa shape index (κ3) is 3.52. The minimum atomic E-state index is -0.367. The lowest BCUT2D eigenvalue weighted by molar-refractivity contribution is 1.00. The fourth-order valence-corrected chi connectivity index (χ4v) is 2.12. The monoisotopic (exact) mass is 305 g/mol. The average Bonchev–Trinajstić information content (AvgIpc) is 2.55. The number of aryl methyl sites for hydroxylation is 1. The van der Waals surface area contributed by atoms with Crippen molar-refractivity contribution in [2.45, 2.75) is 6.92 Å². The van der Waals surface area contributed by atoms with E-state index in [0.717, 1.165) is 11.1 Å². The number of nitrogens with one attached hydrogen (secondary N) is 2. The topological polar surface area (TPSA) is 78.6 Å². The van der Waals surface area contributed by atoms with Gasteiger partial charge in [-0.3, -0.25) is 14.6 Å². The molecule has 0 spiro atoms. The fourth-order valence-electron chi connectivity index (χ4n) is 2.12. The Kier molecular flexibility index (Phi) is 4.01. The minimum absolute atomic E-state index is 0.177. The van der Waals surface area contributed by atoms with Gasteiger partial charge >= 0.3 is 0 Å². The third-order valence-corrected chi connectivity index (χ3v) is 3.32. The highest BCUT2D eigenvalue weighted by molar-refractivity contribution is 5.47. The minimum Gasteiger partial charge on any atom is -0.316 e.